The van der Waals surface area contributed by atoms with E-state index in [-0.39, 0.29) is 0 Å². The summed E-state index contributed by atoms with van der Waals surface area (Å²) in [5, 5.41) is 0. The second kappa shape index (κ2) is 6.69. The van der Waals surface area contributed by atoms with Crippen molar-refractivity contribution >= 4 is 0 Å². The monoisotopic (exact) mass is 154 g/mol. The molecule has 0 aromatic rings. The van der Waals surface area contributed by atoms with Gasteiger partial charge in [0, 0.05) is 0 Å². The van der Waals surface area contributed by atoms with E-state index in [4.69, 9.17) is 0 Å². The molecule has 0 atom stereocenters. The summed E-state index contributed by atoms with van der Waals surface area (Å²) in [7, 11) is 0. The molecule has 0 aliphatic carbocycles. The Morgan fingerprint density at radius 1 is 0.818 bits per heavy atom. The van der Waals surface area contributed by atoms with Crippen LogP contribution in [0.5, 0.6) is 0 Å². The third-order valence-electron chi connectivity index (χ3n) is 1.96. The predicted molar refractivity (Wildman–Crippen MR) is 52.3 cm³/mol. The lowest BCUT2D eigenvalue weighted by Crippen LogP contribution is -1.98. The second-order valence-corrected chi connectivity index (χ2v) is 3.59. The van der Waals surface area contributed by atoms with Crippen LogP contribution in [0.2, 0.25) is 0 Å². The standard InChI is InChI=1S/C11H22/c1-5-7-10(3)9-11(4)8-6-2/h5-9H2,1-4H3. The molecule has 0 nitrogen and oxygen atoms in total. The highest BCUT2D eigenvalue weighted by Gasteiger charge is 2.07. The Morgan fingerprint density at radius 2 is 1.18 bits per heavy atom. The van der Waals surface area contributed by atoms with E-state index in [0.29, 0.717) is 0 Å². The highest BCUT2D eigenvalue weighted by molar-refractivity contribution is 4.97. The summed E-state index contributed by atoms with van der Waals surface area (Å²) in [5.74, 6) is 3.30. The summed E-state index contributed by atoms with van der Waals surface area (Å²) in [6, 6.07) is 0. The molecule has 0 aromatic heterocycles. The first-order chi connectivity index (χ1) is 5.20. The molecule has 2 radical (unpaired) electrons. The Kier molecular flexibility index (Phi) is 6.69. The minimum absolute atomic E-state index is 1.27. The van der Waals surface area contributed by atoms with Gasteiger partial charge in [-0.3, -0.25) is 0 Å². The van der Waals surface area contributed by atoms with Gasteiger partial charge in [-0.05, 0) is 31.1 Å². The van der Waals surface area contributed by atoms with Crippen LogP contribution in [0.1, 0.15) is 59.8 Å². The maximum absolute atomic E-state index is 2.28. The van der Waals surface area contributed by atoms with E-state index < -0.39 is 0 Å². The predicted octanol–water partition coefficient (Wildman–Crippen LogP) is 4.17. The Balaban J connectivity index is 3.32. The molecule has 0 rings (SSSR count). The average Bonchev–Trinajstić information content (AvgIpc) is 1.87. The van der Waals surface area contributed by atoms with Crippen molar-refractivity contribution in [2.75, 3.05) is 0 Å². The van der Waals surface area contributed by atoms with E-state index in [1.807, 2.05) is 0 Å². The van der Waals surface area contributed by atoms with E-state index in [9.17, 15) is 0 Å². The quantitative estimate of drug-likeness (QED) is 0.538. The fraction of sp³-hybridized carbons (Fsp3) is 0.818. The minimum Gasteiger partial charge on any atom is -0.0654 e. The van der Waals surface area contributed by atoms with Crippen LogP contribution in [0.3, 0.4) is 0 Å². The van der Waals surface area contributed by atoms with E-state index in [1.54, 1.807) is 11.8 Å². The molecule has 0 heteroatoms. The van der Waals surface area contributed by atoms with Crippen LogP contribution in [0.4, 0.5) is 0 Å². The SMILES string of the molecule is CCC[C](C)C[C](C)CCC. The van der Waals surface area contributed by atoms with Crippen LogP contribution in [0.25, 0.3) is 0 Å². The fourth-order valence-corrected chi connectivity index (χ4v) is 1.55. The molecule has 66 valence electrons. The molecule has 0 aromatic carbocycles. The van der Waals surface area contributed by atoms with Crippen molar-refractivity contribution < 1.29 is 0 Å². The Bertz CT molecular complexity index is 66.1. The first-order valence-electron chi connectivity index (χ1n) is 4.83. The zero-order valence-electron chi connectivity index (χ0n) is 8.54. The maximum atomic E-state index is 2.28. The van der Waals surface area contributed by atoms with Crippen LogP contribution >= 0.6 is 0 Å². The summed E-state index contributed by atoms with van der Waals surface area (Å²) in [6.07, 6.45) is 6.47. The average molecular weight is 154 g/mol. The molecule has 11 heavy (non-hydrogen) atoms. The van der Waals surface area contributed by atoms with Crippen LogP contribution in [-0.2, 0) is 0 Å². The molecule has 0 amide bonds. The lowest BCUT2D eigenvalue weighted by Gasteiger charge is -2.14. The first-order valence-corrected chi connectivity index (χ1v) is 4.83. The van der Waals surface area contributed by atoms with Crippen molar-refractivity contribution in [3.63, 3.8) is 0 Å². The molecule has 0 aliphatic rings. The normalized spacial score (nSPS) is 11.5. The first kappa shape index (κ1) is 11.0. The van der Waals surface area contributed by atoms with Crippen molar-refractivity contribution in [1.29, 1.82) is 0 Å². The number of rotatable bonds is 6. The second-order valence-electron chi connectivity index (χ2n) is 3.59. The Morgan fingerprint density at radius 3 is 1.45 bits per heavy atom. The lowest BCUT2D eigenvalue weighted by atomic mass is 9.91. The van der Waals surface area contributed by atoms with Gasteiger partial charge in [-0.1, -0.05) is 40.5 Å². The van der Waals surface area contributed by atoms with Gasteiger partial charge in [0.1, 0.15) is 0 Å². The highest BCUT2D eigenvalue weighted by Crippen LogP contribution is 2.22. The zero-order valence-corrected chi connectivity index (χ0v) is 8.54. The zero-order chi connectivity index (χ0) is 8.69. The van der Waals surface area contributed by atoms with Crippen LogP contribution < -0.4 is 0 Å². The summed E-state index contributed by atoms with van der Waals surface area (Å²) in [4.78, 5) is 0. The molecule has 0 saturated heterocycles. The fourth-order valence-electron chi connectivity index (χ4n) is 1.55. The highest BCUT2D eigenvalue weighted by atomic mass is 14.1. The molecule has 0 fully saturated rings. The van der Waals surface area contributed by atoms with Crippen LogP contribution in [0, 0.1) is 11.8 Å². The smallest absolute Gasteiger partial charge is 0.0266 e. The molecule has 0 bridgehead atoms. The lowest BCUT2D eigenvalue weighted by molar-refractivity contribution is 0.668. The van der Waals surface area contributed by atoms with Crippen molar-refractivity contribution in [2.45, 2.75) is 59.8 Å². The molecule has 0 saturated carbocycles. The summed E-state index contributed by atoms with van der Waals surface area (Å²) in [6.45, 7) is 9.06. The summed E-state index contributed by atoms with van der Waals surface area (Å²) >= 11 is 0. The van der Waals surface area contributed by atoms with Crippen molar-refractivity contribution in [3.8, 4) is 0 Å². The van der Waals surface area contributed by atoms with E-state index in [1.165, 1.54) is 32.1 Å². The van der Waals surface area contributed by atoms with E-state index in [2.05, 4.69) is 27.7 Å². The van der Waals surface area contributed by atoms with Crippen molar-refractivity contribution in [1.82, 2.24) is 0 Å². The number of hydrogen-bond donors (Lipinski definition) is 0. The van der Waals surface area contributed by atoms with Crippen molar-refractivity contribution in [3.05, 3.63) is 11.8 Å². The molecular formula is C11H22. The maximum Gasteiger partial charge on any atom is -0.0266 e. The van der Waals surface area contributed by atoms with Gasteiger partial charge >= 0.3 is 0 Å². The Hall–Kier alpha value is 0. The van der Waals surface area contributed by atoms with Gasteiger partial charge in [-0.15, -0.1) is 0 Å². The van der Waals surface area contributed by atoms with Crippen LogP contribution in [-0.4, -0.2) is 0 Å². The third kappa shape index (κ3) is 6.40. The van der Waals surface area contributed by atoms with Gasteiger partial charge < -0.3 is 0 Å². The molecule has 0 N–H and O–H groups in total. The molecular weight excluding hydrogens is 132 g/mol. The summed E-state index contributed by atoms with van der Waals surface area (Å²) < 4.78 is 0. The van der Waals surface area contributed by atoms with Crippen molar-refractivity contribution in [2.24, 2.45) is 0 Å². The van der Waals surface area contributed by atoms with Gasteiger partial charge in [0.25, 0.3) is 0 Å². The number of hydrogen-bond acceptors (Lipinski definition) is 0. The van der Waals surface area contributed by atoms with Gasteiger partial charge in [0.05, 0.1) is 0 Å². The van der Waals surface area contributed by atoms with Gasteiger partial charge in [-0.2, -0.15) is 0 Å². The van der Waals surface area contributed by atoms with E-state index in [0.717, 1.165) is 0 Å². The Labute approximate surface area is 72.4 Å². The summed E-state index contributed by atoms with van der Waals surface area (Å²) in [5.41, 5.74) is 0. The molecule has 0 spiro atoms. The largest absolute Gasteiger partial charge is 0.0654 e. The van der Waals surface area contributed by atoms with Gasteiger partial charge in [-0.25, -0.2) is 0 Å². The third-order valence-corrected chi connectivity index (χ3v) is 1.96. The minimum atomic E-state index is 1.27. The molecule has 0 aliphatic heterocycles. The van der Waals surface area contributed by atoms with E-state index >= 15 is 0 Å². The topological polar surface area (TPSA) is 0 Å². The van der Waals surface area contributed by atoms with Crippen LogP contribution in [0.15, 0.2) is 0 Å². The molecule has 0 heterocycles. The van der Waals surface area contributed by atoms with Gasteiger partial charge in [0.2, 0.25) is 0 Å². The molecule has 0 unspecified atom stereocenters. The van der Waals surface area contributed by atoms with Gasteiger partial charge in [0.15, 0.2) is 0 Å².